The van der Waals surface area contributed by atoms with Gasteiger partial charge in [-0.05, 0) is 69.0 Å². The largest absolute Gasteiger partial charge is 0.494 e. The first-order valence-electron chi connectivity index (χ1n) is 23.1. The maximum Gasteiger partial charge on any atom is 0.264 e. The molecule has 70 heavy (non-hydrogen) atoms. The lowest BCUT2D eigenvalue weighted by Gasteiger charge is -2.34. The van der Waals surface area contributed by atoms with E-state index in [1.807, 2.05) is 42.5 Å². The SMILES string of the molecule is COc1cc(N2CCC(NC(=O)CCOCCOCCOCCOCCNc3cccc4c3C(=O)N(C3CCC(=O)NC3=O)C4=O)CC2)ccc1Nc1ncc(Cl)c(Nc2ccccc2P(C)(C)=O)n1. The van der Waals surface area contributed by atoms with Crippen molar-refractivity contribution in [3.05, 3.63) is 83.0 Å². The zero-order valence-electron chi connectivity index (χ0n) is 39.4. The van der Waals surface area contributed by atoms with Crippen molar-refractivity contribution >= 4 is 88.1 Å². The Morgan fingerprint density at radius 1 is 0.814 bits per heavy atom. The number of fused-ring (bicyclic) bond motifs is 1. The third-order valence-electron chi connectivity index (χ3n) is 11.8. The zero-order chi connectivity index (χ0) is 49.6. The Morgan fingerprint density at radius 3 is 2.20 bits per heavy atom. The molecule has 2 saturated heterocycles. The molecule has 5 N–H and O–H groups in total. The van der Waals surface area contributed by atoms with Gasteiger partial charge in [-0.25, -0.2) is 4.98 Å². The molecule has 20 nitrogen and oxygen atoms in total. The Balaban J connectivity index is 0.708. The number of nitrogens with one attached hydrogen (secondary N) is 5. The average molecular weight is 1000 g/mol. The van der Waals surface area contributed by atoms with Crippen molar-refractivity contribution in [3.8, 4) is 5.75 Å². The van der Waals surface area contributed by atoms with E-state index in [4.69, 9.17) is 35.3 Å². The van der Waals surface area contributed by atoms with Crippen molar-refractivity contribution < 1.29 is 52.2 Å². The number of piperidine rings is 2. The fourth-order valence-corrected chi connectivity index (χ4v) is 9.51. The molecule has 4 aromatic rings. The Bertz CT molecular complexity index is 2570. The summed E-state index contributed by atoms with van der Waals surface area (Å²) in [4.78, 5) is 75.0. The summed E-state index contributed by atoms with van der Waals surface area (Å²) in [7, 11) is -0.969. The molecule has 0 spiro atoms. The fourth-order valence-electron chi connectivity index (χ4n) is 8.22. The van der Waals surface area contributed by atoms with E-state index in [9.17, 15) is 28.5 Å². The summed E-state index contributed by atoms with van der Waals surface area (Å²) >= 11 is 6.45. The van der Waals surface area contributed by atoms with Crippen molar-refractivity contribution in [2.24, 2.45) is 0 Å². The molecule has 0 bridgehead atoms. The number of methoxy groups -OCH3 is 1. The van der Waals surface area contributed by atoms with Gasteiger partial charge in [-0.15, -0.1) is 0 Å². The van der Waals surface area contributed by atoms with Crippen LogP contribution in [0.1, 0.15) is 52.8 Å². The van der Waals surface area contributed by atoms with Crippen LogP contribution in [0.5, 0.6) is 5.75 Å². The van der Waals surface area contributed by atoms with Crippen LogP contribution in [0, 0.1) is 0 Å². The van der Waals surface area contributed by atoms with Crippen molar-refractivity contribution in [2.45, 2.75) is 44.2 Å². The monoisotopic (exact) mass is 1000 g/mol. The lowest BCUT2D eigenvalue weighted by Crippen LogP contribution is -2.54. The number of ether oxygens (including phenoxy) is 5. The minimum Gasteiger partial charge on any atom is -0.494 e. The van der Waals surface area contributed by atoms with Crippen LogP contribution in [-0.4, -0.2) is 149 Å². The molecule has 2 fully saturated rings. The topological polar surface area (TPSA) is 241 Å². The number of benzene rings is 3. The van der Waals surface area contributed by atoms with Gasteiger partial charge >= 0.3 is 0 Å². The number of para-hydroxylation sites is 1. The van der Waals surface area contributed by atoms with Crippen molar-refractivity contribution in [1.29, 1.82) is 0 Å². The van der Waals surface area contributed by atoms with Crippen molar-refractivity contribution in [3.63, 3.8) is 0 Å². The second-order valence-electron chi connectivity index (χ2n) is 17.0. The predicted molar refractivity (Wildman–Crippen MR) is 265 cm³/mol. The minimum atomic E-state index is -2.57. The molecule has 1 atom stereocenters. The summed E-state index contributed by atoms with van der Waals surface area (Å²) in [5.74, 6) is -0.998. The number of amides is 5. The highest BCUT2D eigenvalue weighted by Gasteiger charge is 2.45. The second-order valence-corrected chi connectivity index (χ2v) is 20.6. The van der Waals surface area contributed by atoms with E-state index in [-0.39, 0.29) is 48.9 Å². The highest BCUT2D eigenvalue weighted by atomic mass is 35.5. The number of carbonyl (C=O) groups is 5. The van der Waals surface area contributed by atoms with E-state index in [0.717, 1.165) is 36.5 Å². The quantitative estimate of drug-likeness (QED) is 0.0336. The van der Waals surface area contributed by atoms with Gasteiger partial charge in [0.2, 0.25) is 23.7 Å². The number of imide groups is 2. The van der Waals surface area contributed by atoms with E-state index < -0.39 is 36.8 Å². The standard InChI is InChI=1S/C48H59ClN9O11P/c1-65-39-29-32(11-12-35(39)54-48-51-30-34(49)44(56-48)53-36-8-4-5-10-40(36)70(2,3)64)57-19-15-31(16-20-57)52-42(60)17-21-66-23-25-68-27-28-69-26-24-67-22-18-50-37-9-6-7-33-43(37)47(63)58(46(33)62)38-13-14-41(59)55-45(38)61/h4-12,29-31,38,50H,13-28H2,1-3H3,(H,52,60)(H,55,59,61)(H2,51,53,54,56). The minimum absolute atomic E-state index is 0.0532. The molecule has 1 aromatic heterocycles. The van der Waals surface area contributed by atoms with Crippen LogP contribution in [-0.2, 0) is 37.9 Å². The molecular weight excluding hydrogens is 945 g/mol. The van der Waals surface area contributed by atoms with Gasteiger partial charge in [0.15, 0.2) is 5.82 Å². The molecule has 4 heterocycles. The summed E-state index contributed by atoms with van der Waals surface area (Å²) in [5, 5.41) is 15.9. The predicted octanol–water partition coefficient (Wildman–Crippen LogP) is 4.93. The van der Waals surface area contributed by atoms with E-state index >= 15 is 0 Å². The van der Waals surface area contributed by atoms with E-state index in [1.54, 1.807) is 38.6 Å². The van der Waals surface area contributed by atoms with Gasteiger partial charge in [0.05, 0.1) is 88.7 Å². The molecule has 3 aliphatic rings. The smallest absolute Gasteiger partial charge is 0.264 e. The van der Waals surface area contributed by atoms with Crippen LogP contribution in [0.3, 0.4) is 0 Å². The summed E-state index contributed by atoms with van der Waals surface area (Å²) < 4.78 is 41.0. The molecule has 3 aliphatic heterocycles. The summed E-state index contributed by atoms with van der Waals surface area (Å²) in [6, 6.07) is 17.2. The number of halogens is 1. The maximum absolute atomic E-state index is 13.2. The van der Waals surface area contributed by atoms with E-state index in [1.165, 1.54) is 6.20 Å². The third kappa shape index (κ3) is 13.6. The summed E-state index contributed by atoms with van der Waals surface area (Å²) in [5.41, 5.74) is 3.18. The molecule has 0 saturated carbocycles. The fraction of sp³-hybridized carbons (Fsp3) is 0.438. The molecule has 22 heteroatoms. The van der Waals surface area contributed by atoms with Crippen molar-refractivity contribution in [2.75, 3.05) is 114 Å². The Hall–Kier alpha value is -6.15. The van der Waals surface area contributed by atoms with Gasteiger partial charge in [-0.1, -0.05) is 29.8 Å². The van der Waals surface area contributed by atoms with Crippen LogP contribution in [0.2, 0.25) is 5.02 Å². The molecule has 3 aromatic carbocycles. The number of carbonyl (C=O) groups excluding carboxylic acids is 5. The molecule has 0 radical (unpaired) electrons. The first-order valence-corrected chi connectivity index (χ1v) is 26.1. The highest BCUT2D eigenvalue weighted by molar-refractivity contribution is 7.70. The first kappa shape index (κ1) is 51.7. The lowest BCUT2D eigenvalue weighted by atomic mass is 10.0. The Morgan fingerprint density at radius 2 is 1.50 bits per heavy atom. The number of anilines is 6. The van der Waals surface area contributed by atoms with Crippen molar-refractivity contribution in [1.82, 2.24) is 25.5 Å². The van der Waals surface area contributed by atoms with Crippen LogP contribution in [0.4, 0.5) is 34.5 Å². The number of hydrogen-bond acceptors (Lipinski definition) is 17. The molecule has 5 amide bonds. The molecule has 0 aliphatic carbocycles. The molecular formula is C48H59ClN9O11P. The molecule has 7 rings (SSSR count). The van der Waals surface area contributed by atoms with E-state index in [0.29, 0.717) is 97.7 Å². The van der Waals surface area contributed by atoms with E-state index in [2.05, 4.69) is 41.5 Å². The van der Waals surface area contributed by atoms with Gasteiger partial charge in [-0.3, -0.25) is 34.2 Å². The normalized spacial score (nSPS) is 16.3. The van der Waals surface area contributed by atoms with Gasteiger partial charge in [0.25, 0.3) is 11.8 Å². The Labute approximate surface area is 411 Å². The summed E-state index contributed by atoms with van der Waals surface area (Å²) in [6.45, 7) is 8.05. The van der Waals surface area contributed by atoms with Gasteiger partial charge < -0.3 is 54.4 Å². The summed E-state index contributed by atoms with van der Waals surface area (Å²) in [6.07, 6.45) is 3.47. The number of rotatable bonds is 25. The number of aromatic nitrogens is 2. The lowest BCUT2D eigenvalue weighted by molar-refractivity contribution is -0.136. The third-order valence-corrected chi connectivity index (χ3v) is 13.6. The maximum atomic E-state index is 13.2. The Kier molecular flexibility index (Phi) is 18.2. The average Bonchev–Trinajstić information content (AvgIpc) is 3.60. The molecule has 1 unspecified atom stereocenters. The van der Waals surface area contributed by atoms with Gasteiger partial charge in [0.1, 0.15) is 24.0 Å². The first-order chi connectivity index (χ1) is 33.8. The van der Waals surface area contributed by atoms with Crippen LogP contribution >= 0.6 is 18.7 Å². The van der Waals surface area contributed by atoms with Gasteiger partial charge in [0, 0.05) is 61.3 Å². The van der Waals surface area contributed by atoms with Crippen LogP contribution in [0.25, 0.3) is 0 Å². The zero-order valence-corrected chi connectivity index (χ0v) is 41.1. The number of hydrogen-bond donors (Lipinski definition) is 5. The second kappa shape index (κ2) is 24.6. The van der Waals surface area contributed by atoms with Gasteiger partial charge in [-0.2, -0.15) is 4.98 Å². The number of nitrogens with zero attached hydrogens (tertiary/aromatic N) is 4. The molecule has 374 valence electrons. The van der Waals surface area contributed by atoms with Crippen LogP contribution in [0.15, 0.2) is 66.9 Å². The van der Waals surface area contributed by atoms with Crippen LogP contribution < -0.4 is 41.5 Å². The highest BCUT2D eigenvalue weighted by Crippen LogP contribution is 2.39.